The Kier molecular flexibility index (Phi) is 7.08. The molecule has 0 bridgehead atoms. The van der Waals surface area contributed by atoms with Crippen LogP contribution in [0.1, 0.15) is 63.9 Å². The second-order valence-corrected chi connectivity index (χ2v) is 9.62. The predicted molar refractivity (Wildman–Crippen MR) is 125 cm³/mol. The summed E-state index contributed by atoms with van der Waals surface area (Å²) in [5.41, 5.74) is 1.40. The zero-order valence-corrected chi connectivity index (χ0v) is 19.4. The molecule has 1 aromatic rings. The number of hydrogen-bond donors (Lipinski definition) is 2. The van der Waals surface area contributed by atoms with Crippen LogP contribution in [0, 0.1) is 16.7 Å². The molecule has 0 radical (unpaired) electrons. The Morgan fingerprint density at radius 3 is 2.79 bits per heavy atom. The monoisotopic (exact) mass is 454 g/mol. The standard InChI is InChI=1S/C25H34N4O4/c1-2-14-33-24(32)27-19-4-9-22(18(15-19)16-26)28-12-3-10-25(17-28)11-13-29(23(25)31)20-5-7-21(30)8-6-20/h4,9,15,20-21,30H,2-3,5-8,10-14,17H2,1H3,(H,27,32)/t20?,21?,25-/m1/s1. The van der Waals surface area contributed by atoms with Crippen molar-refractivity contribution in [1.82, 2.24) is 4.90 Å². The maximum absolute atomic E-state index is 13.6. The summed E-state index contributed by atoms with van der Waals surface area (Å²) in [5, 5.41) is 22.3. The van der Waals surface area contributed by atoms with Gasteiger partial charge in [0.15, 0.2) is 0 Å². The van der Waals surface area contributed by atoms with Crippen molar-refractivity contribution in [2.45, 2.75) is 70.4 Å². The molecular weight excluding hydrogens is 420 g/mol. The smallest absolute Gasteiger partial charge is 0.411 e. The Bertz CT molecular complexity index is 921. The molecule has 2 N–H and O–H groups in total. The van der Waals surface area contributed by atoms with Crippen LogP contribution >= 0.6 is 0 Å². The van der Waals surface area contributed by atoms with Gasteiger partial charge in [0, 0.05) is 31.4 Å². The first-order valence-corrected chi connectivity index (χ1v) is 12.2. The first-order chi connectivity index (χ1) is 16.0. The number of aliphatic hydroxyl groups is 1. The average molecular weight is 455 g/mol. The lowest BCUT2D eigenvalue weighted by Crippen LogP contribution is -2.50. The molecular formula is C25H34N4O4. The number of rotatable bonds is 5. The highest BCUT2D eigenvalue weighted by Gasteiger charge is 2.50. The van der Waals surface area contributed by atoms with Crippen LogP contribution in [0.4, 0.5) is 16.2 Å². The molecule has 0 aromatic heterocycles. The second kappa shape index (κ2) is 10.0. The Hall–Kier alpha value is -2.79. The van der Waals surface area contributed by atoms with E-state index in [0.29, 0.717) is 24.4 Å². The molecule has 8 heteroatoms. The second-order valence-electron chi connectivity index (χ2n) is 9.62. The van der Waals surface area contributed by atoms with E-state index in [4.69, 9.17) is 4.74 Å². The molecule has 3 fully saturated rings. The fraction of sp³-hybridized carbons (Fsp3) is 0.640. The maximum Gasteiger partial charge on any atom is 0.411 e. The minimum Gasteiger partial charge on any atom is -0.449 e. The van der Waals surface area contributed by atoms with Crippen LogP contribution in [-0.2, 0) is 9.53 Å². The quantitative estimate of drug-likeness (QED) is 0.704. The number of piperidine rings is 1. The van der Waals surface area contributed by atoms with Crippen LogP contribution in [0.5, 0.6) is 0 Å². The number of aliphatic hydroxyl groups excluding tert-OH is 1. The van der Waals surface area contributed by atoms with Gasteiger partial charge in [-0.2, -0.15) is 5.26 Å². The number of amides is 2. The first-order valence-electron chi connectivity index (χ1n) is 12.2. The number of benzene rings is 1. The van der Waals surface area contributed by atoms with Gasteiger partial charge in [-0.15, -0.1) is 0 Å². The number of ether oxygens (including phenoxy) is 1. The third kappa shape index (κ3) is 4.93. The highest BCUT2D eigenvalue weighted by Crippen LogP contribution is 2.44. The molecule has 4 rings (SSSR count). The molecule has 2 aliphatic heterocycles. The maximum atomic E-state index is 13.6. The van der Waals surface area contributed by atoms with Crippen molar-refractivity contribution in [1.29, 1.82) is 5.26 Å². The number of nitrogens with zero attached hydrogens (tertiary/aromatic N) is 3. The van der Waals surface area contributed by atoms with Crippen molar-refractivity contribution in [3.05, 3.63) is 23.8 Å². The van der Waals surface area contributed by atoms with E-state index < -0.39 is 11.5 Å². The van der Waals surface area contributed by atoms with E-state index in [-0.39, 0.29) is 18.1 Å². The van der Waals surface area contributed by atoms with E-state index in [2.05, 4.69) is 21.2 Å². The third-order valence-electron chi connectivity index (χ3n) is 7.37. The molecule has 2 saturated heterocycles. The van der Waals surface area contributed by atoms with Crippen molar-refractivity contribution in [2.24, 2.45) is 5.41 Å². The summed E-state index contributed by atoms with van der Waals surface area (Å²) >= 11 is 0. The minimum atomic E-state index is -0.530. The lowest BCUT2D eigenvalue weighted by atomic mass is 9.78. The van der Waals surface area contributed by atoms with Crippen molar-refractivity contribution in [2.75, 3.05) is 36.5 Å². The summed E-state index contributed by atoms with van der Waals surface area (Å²) in [5.74, 6) is 0.240. The molecule has 1 saturated carbocycles. The Labute approximate surface area is 195 Å². The summed E-state index contributed by atoms with van der Waals surface area (Å²) in [6.07, 6.45) is 5.89. The molecule has 0 unspecified atom stereocenters. The number of nitriles is 1. The molecule has 1 spiro atoms. The lowest BCUT2D eigenvalue weighted by Gasteiger charge is -2.41. The zero-order chi connectivity index (χ0) is 23.4. The third-order valence-corrected chi connectivity index (χ3v) is 7.37. The highest BCUT2D eigenvalue weighted by molar-refractivity contribution is 5.87. The lowest BCUT2D eigenvalue weighted by molar-refractivity contribution is -0.139. The first kappa shape index (κ1) is 23.4. The molecule has 2 amide bonds. The Morgan fingerprint density at radius 1 is 1.27 bits per heavy atom. The van der Waals surface area contributed by atoms with E-state index in [1.807, 2.05) is 13.0 Å². The summed E-state index contributed by atoms with van der Waals surface area (Å²) in [4.78, 5) is 29.7. The number of hydrogen-bond acceptors (Lipinski definition) is 6. The number of anilines is 2. The van der Waals surface area contributed by atoms with Gasteiger partial charge in [0.1, 0.15) is 6.07 Å². The van der Waals surface area contributed by atoms with E-state index in [0.717, 1.165) is 70.1 Å². The number of carbonyl (C=O) groups is 2. The fourth-order valence-electron chi connectivity index (χ4n) is 5.61. The van der Waals surface area contributed by atoms with Crippen LogP contribution in [-0.4, -0.2) is 60.4 Å². The van der Waals surface area contributed by atoms with Gasteiger partial charge >= 0.3 is 6.09 Å². The van der Waals surface area contributed by atoms with Gasteiger partial charge in [-0.05, 0) is 69.6 Å². The molecule has 178 valence electrons. The summed E-state index contributed by atoms with van der Waals surface area (Å²) in [7, 11) is 0. The number of carbonyl (C=O) groups excluding carboxylic acids is 2. The zero-order valence-electron chi connectivity index (χ0n) is 19.4. The van der Waals surface area contributed by atoms with Crippen molar-refractivity contribution >= 4 is 23.4 Å². The van der Waals surface area contributed by atoms with Gasteiger partial charge in [-0.1, -0.05) is 6.92 Å². The van der Waals surface area contributed by atoms with Crippen LogP contribution in [0.2, 0.25) is 0 Å². The molecule has 1 aromatic carbocycles. The normalized spacial score (nSPS) is 27.5. The van der Waals surface area contributed by atoms with Crippen LogP contribution in [0.15, 0.2) is 18.2 Å². The van der Waals surface area contributed by atoms with Crippen molar-refractivity contribution in [3.63, 3.8) is 0 Å². The topological polar surface area (TPSA) is 106 Å². The van der Waals surface area contributed by atoms with Gasteiger partial charge in [0.25, 0.3) is 0 Å². The van der Waals surface area contributed by atoms with Crippen molar-refractivity contribution in [3.8, 4) is 6.07 Å². The van der Waals surface area contributed by atoms with E-state index in [1.54, 1.807) is 12.1 Å². The SMILES string of the molecule is CCCOC(=O)Nc1ccc(N2CCC[C@@]3(CCN(C4CCC(O)CC4)C3=O)C2)c(C#N)c1. The van der Waals surface area contributed by atoms with Crippen LogP contribution < -0.4 is 10.2 Å². The van der Waals surface area contributed by atoms with Crippen LogP contribution in [0.3, 0.4) is 0 Å². The van der Waals surface area contributed by atoms with Gasteiger partial charge in [0.2, 0.25) is 5.91 Å². The van der Waals surface area contributed by atoms with Crippen LogP contribution in [0.25, 0.3) is 0 Å². The van der Waals surface area contributed by atoms with Crippen molar-refractivity contribution < 1.29 is 19.4 Å². The summed E-state index contributed by atoms with van der Waals surface area (Å²) in [6.45, 7) is 4.45. The molecule has 8 nitrogen and oxygen atoms in total. The summed E-state index contributed by atoms with van der Waals surface area (Å²) < 4.78 is 5.06. The molecule has 2 heterocycles. The molecule has 1 atom stereocenters. The number of nitrogens with one attached hydrogen (secondary N) is 1. The Morgan fingerprint density at radius 2 is 2.06 bits per heavy atom. The average Bonchev–Trinajstić information content (AvgIpc) is 3.13. The van der Waals surface area contributed by atoms with Gasteiger partial charge in [-0.25, -0.2) is 4.79 Å². The summed E-state index contributed by atoms with van der Waals surface area (Å²) in [6, 6.07) is 7.79. The molecule has 1 aliphatic carbocycles. The van der Waals surface area contributed by atoms with Gasteiger partial charge < -0.3 is 19.6 Å². The number of likely N-dealkylation sites (tertiary alicyclic amines) is 1. The highest BCUT2D eigenvalue weighted by atomic mass is 16.5. The fourth-order valence-corrected chi connectivity index (χ4v) is 5.61. The predicted octanol–water partition coefficient (Wildman–Crippen LogP) is 3.64. The Balaban J connectivity index is 1.46. The largest absolute Gasteiger partial charge is 0.449 e. The molecule has 3 aliphatic rings. The molecule has 33 heavy (non-hydrogen) atoms. The van der Waals surface area contributed by atoms with E-state index in [9.17, 15) is 20.0 Å². The van der Waals surface area contributed by atoms with Gasteiger partial charge in [0.05, 0.1) is 29.4 Å². The van der Waals surface area contributed by atoms with E-state index in [1.165, 1.54) is 0 Å². The van der Waals surface area contributed by atoms with Gasteiger partial charge in [-0.3, -0.25) is 10.1 Å². The van der Waals surface area contributed by atoms with E-state index >= 15 is 0 Å². The minimum absolute atomic E-state index is 0.228.